The van der Waals surface area contributed by atoms with Crippen LogP contribution in [0.2, 0.25) is 5.02 Å². The Hall–Kier alpha value is -2.29. The van der Waals surface area contributed by atoms with Gasteiger partial charge in [-0.15, -0.1) is 0 Å². The van der Waals surface area contributed by atoms with E-state index in [-0.39, 0.29) is 22.3 Å². The first-order valence-corrected chi connectivity index (χ1v) is 10.1. The monoisotopic (exact) mass is 410 g/mol. The van der Waals surface area contributed by atoms with Crippen LogP contribution in [-0.4, -0.2) is 34.6 Å². The highest BCUT2D eigenvalue weighted by Gasteiger charge is 2.30. The Bertz CT molecular complexity index is 974. The largest absolute Gasteiger partial charge is 0.495 e. The van der Waals surface area contributed by atoms with Crippen LogP contribution in [0.25, 0.3) is 0 Å². The first-order valence-electron chi connectivity index (χ1n) is 8.19. The lowest BCUT2D eigenvalue weighted by atomic mass is 10.2. The van der Waals surface area contributed by atoms with Gasteiger partial charge in [-0.05, 0) is 49.2 Å². The molecule has 0 saturated heterocycles. The van der Waals surface area contributed by atoms with Crippen molar-refractivity contribution < 1.29 is 22.7 Å². The molecule has 2 aromatic carbocycles. The maximum atomic E-state index is 12.6. The lowest BCUT2D eigenvalue weighted by molar-refractivity contribution is 0.102. The molecule has 144 valence electrons. The van der Waals surface area contributed by atoms with E-state index >= 15 is 0 Å². The van der Waals surface area contributed by atoms with Crippen molar-refractivity contribution in [3.8, 4) is 11.5 Å². The van der Waals surface area contributed by atoms with Gasteiger partial charge in [-0.1, -0.05) is 11.6 Å². The quantitative estimate of drug-likeness (QED) is 0.731. The Balaban J connectivity index is 1.86. The molecule has 27 heavy (non-hydrogen) atoms. The van der Waals surface area contributed by atoms with E-state index in [1.54, 1.807) is 18.2 Å². The van der Waals surface area contributed by atoms with E-state index in [0.29, 0.717) is 16.5 Å². The molecule has 2 aromatic rings. The Morgan fingerprint density at radius 2 is 1.74 bits per heavy atom. The maximum absolute atomic E-state index is 12.6. The number of ether oxygens (including phenoxy) is 2. The molecule has 9 heteroatoms. The molecule has 1 aliphatic carbocycles. The molecule has 0 atom stereocenters. The van der Waals surface area contributed by atoms with Crippen molar-refractivity contribution in [3.63, 3.8) is 0 Å². The summed E-state index contributed by atoms with van der Waals surface area (Å²) in [7, 11) is -0.903. The SMILES string of the molecule is COc1ccc(NC(=O)c2ccc(OC)c(S(=O)(=O)NC3CC3)c2)cc1Cl. The first kappa shape index (κ1) is 19.5. The van der Waals surface area contributed by atoms with E-state index in [1.807, 2.05) is 0 Å². The third-order valence-electron chi connectivity index (χ3n) is 4.02. The Morgan fingerprint density at radius 3 is 2.33 bits per heavy atom. The summed E-state index contributed by atoms with van der Waals surface area (Å²) in [5.74, 6) is 0.188. The van der Waals surface area contributed by atoms with Gasteiger partial charge >= 0.3 is 0 Å². The average molecular weight is 411 g/mol. The van der Waals surface area contributed by atoms with E-state index in [4.69, 9.17) is 21.1 Å². The van der Waals surface area contributed by atoms with Crippen molar-refractivity contribution >= 4 is 33.2 Å². The molecular weight excluding hydrogens is 392 g/mol. The molecule has 7 nitrogen and oxygen atoms in total. The van der Waals surface area contributed by atoms with Crippen LogP contribution in [0.5, 0.6) is 11.5 Å². The molecule has 0 aliphatic heterocycles. The smallest absolute Gasteiger partial charge is 0.255 e. The van der Waals surface area contributed by atoms with Gasteiger partial charge in [0, 0.05) is 17.3 Å². The number of methoxy groups -OCH3 is 2. The van der Waals surface area contributed by atoms with Crippen molar-refractivity contribution in [1.29, 1.82) is 0 Å². The van der Waals surface area contributed by atoms with Gasteiger partial charge in [0.1, 0.15) is 16.4 Å². The van der Waals surface area contributed by atoms with Crippen LogP contribution >= 0.6 is 11.6 Å². The molecule has 0 radical (unpaired) electrons. The number of nitrogens with one attached hydrogen (secondary N) is 2. The number of hydrogen-bond donors (Lipinski definition) is 2. The molecule has 0 aromatic heterocycles. The summed E-state index contributed by atoms with van der Waals surface area (Å²) in [4.78, 5) is 12.5. The van der Waals surface area contributed by atoms with Crippen molar-refractivity contribution in [2.75, 3.05) is 19.5 Å². The summed E-state index contributed by atoms with van der Waals surface area (Å²) in [6.45, 7) is 0. The highest BCUT2D eigenvalue weighted by molar-refractivity contribution is 7.89. The molecule has 1 aliphatic rings. The summed E-state index contributed by atoms with van der Waals surface area (Å²) in [5.41, 5.74) is 0.640. The summed E-state index contributed by atoms with van der Waals surface area (Å²) in [5, 5.41) is 3.03. The van der Waals surface area contributed by atoms with Crippen molar-refractivity contribution in [2.24, 2.45) is 0 Å². The molecular formula is C18H19ClN2O5S. The second-order valence-electron chi connectivity index (χ2n) is 6.06. The minimum atomic E-state index is -3.78. The van der Waals surface area contributed by atoms with Crippen molar-refractivity contribution in [2.45, 2.75) is 23.8 Å². The fourth-order valence-electron chi connectivity index (χ4n) is 2.46. The number of carbonyl (C=O) groups excluding carboxylic acids is 1. The Labute approximate surface area is 162 Å². The number of carbonyl (C=O) groups is 1. The molecule has 1 fully saturated rings. The van der Waals surface area contributed by atoms with E-state index in [2.05, 4.69) is 10.0 Å². The van der Waals surface area contributed by atoms with Crippen molar-refractivity contribution in [1.82, 2.24) is 4.72 Å². The number of benzene rings is 2. The zero-order valence-electron chi connectivity index (χ0n) is 14.8. The Kier molecular flexibility index (Phi) is 5.59. The standard InChI is InChI=1S/C18H19ClN2O5S/c1-25-15-8-6-13(10-14(15)19)20-18(22)11-3-7-16(26-2)17(9-11)27(23,24)21-12-4-5-12/h3,6-10,12,21H,4-5H2,1-2H3,(H,20,22). The molecule has 0 heterocycles. The highest BCUT2D eigenvalue weighted by Crippen LogP contribution is 2.30. The predicted molar refractivity (Wildman–Crippen MR) is 102 cm³/mol. The van der Waals surface area contributed by atoms with Crippen LogP contribution in [0.1, 0.15) is 23.2 Å². The summed E-state index contributed by atoms with van der Waals surface area (Å²) in [6, 6.07) is 9.00. The van der Waals surface area contributed by atoms with E-state index < -0.39 is 15.9 Å². The minimum absolute atomic E-state index is 0.0568. The molecule has 2 N–H and O–H groups in total. The van der Waals surface area contributed by atoms with Gasteiger partial charge in [0.15, 0.2) is 0 Å². The number of rotatable bonds is 7. The summed E-state index contributed by atoms with van der Waals surface area (Å²) in [6.07, 6.45) is 1.61. The topological polar surface area (TPSA) is 93.7 Å². The predicted octanol–water partition coefficient (Wildman–Crippen LogP) is 3.05. The number of anilines is 1. The van der Waals surface area contributed by atoms with Crippen LogP contribution in [0.3, 0.4) is 0 Å². The first-order chi connectivity index (χ1) is 12.8. The van der Waals surface area contributed by atoms with Gasteiger partial charge in [0.25, 0.3) is 5.91 Å². The second kappa shape index (κ2) is 7.75. The molecule has 0 spiro atoms. The van der Waals surface area contributed by atoms with E-state index in [9.17, 15) is 13.2 Å². The third-order valence-corrected chi connectivity index (χ3v) is 5.86. The number of hydrogen-bond acceptors (Lipinski definition) is 5. The van der Waals surface area contributed by atoms with Crippen LogP contribution in [-0.2, 0) is 10.0 Å². The second-order valence-corrected chi connectivity index (χ2v) is 8.15. The van der Waals surface area contributed by atoms with Crippen LogP contribution < -0.4 is 19.5 Å². The van der Waals surface area contributed by atoms with Gasteiger partial charge in [0.05, 0.1) is 19.2 Å². The highest BCUT2D eigenvalue weighted by atomic mass is 35.5. The average Bonchev–Trinajstić information content (AvgIpc) is 3.44. The fourth-order valence-corrected chi connectivity index (χ4v) is 4.22. The van der Waals surface area contributed by atoms with Gasteiger partial charge < -0.3 is 14.8 Å². The van der Waals surface area contributed by atoms with Gasteiger partial charge in [-0.3, -0.25) is 4.79 Å². The molecule has 3 rings (SSSR count). The zero-order chi connectivity index (χ0) is 19.6. The lowest BCUT2D eigenvalue weighted by Crippen LogP contribution is -2.26. The summed E-state index contributed by atoms with van der Waals surface area (Å²) < 4.78 is 37.9. The lowest BCUT2D eigenvalue weighted by Gasteiger charge is -2.13. The van der Waals surface area contributed by atoms with Crippen molar-refractivity contribution in [3.05, 3.63) is 47.0 Å². The van der Waals surface area contributed by atoms with Crippen LogP contribution in [0.4, 0.5) is 5.69 Å². The molecule has 1 amide bonds. The van der Waals surface area contributed by atoms with Gasteiger partial charge in [-0.25, -0.2) is 13.1 Å². The zero-order valence-corrected chi connectivity index (χ0v) is 16.4. The van der Waals surface area contributed by atoms with Crippen LogP contribution in [0.15, 0.2) is 41.3 Å². The van der Waals surface area contributed by atoms with Gasteiger partial charge in [0.2, 0.25) is 10.0 Å². The van der Waals surface area contributed by atoms with Crippen LogP contribution in [0, 0.1) is 0 Å². The van der Waals surface area contributed by atoms with E-state index in [1.165, 1.54) is 32.4 Å². The third kappa shape index (κ3) is 4.52. The summed E-state index contributed by atoms with van der Waals surface area (Å²) >= 11 is 6.06. The fraction of sp³-hybridized carbons (Fsp3) is 0.278. The molecule has 0 unspecified atom stereocenters. The molecule has 0 bridgehead atoms. The minimum Gasteiger partial charge on any atom is -0.495 e. The number of sulfonamides is 1. The number of halogens is 1. The van der Waals surface area contributed by atoms with Gasteiger partial charge in [-0.2, -0.15) is 0 Å². The van der Waals surface area contributed by atoms with E-state index in [0.717, 1.165) is 12.8 Å². The molecule has 1 saturated carbocycles. The number of amides is 1. The Morgan fingerprint density at radius 1 is 1.07 bits per heavy atom. The normalized spacial score (nSPS) is 13.9. The maximum Gasteiger partial charge on any atom is 0.255 e.